The van der Waals surface area contributed by atoms with Crippen LogP contribution in [0.3, 0.4) is 0 Å². The number of carboxylic acid groups (broad SMARTS) is 2. The molecule has 0 bridgehead atoms. The highest BCUT2D eigenvalue weighted by molar-refractivity contribution is 6.06. The number of aliphatic carboxylic acids is 2. The minimum absolute atomic E-state index is 0.0621. The van der Waals surface area contributed by atoms with Crippen LogP contribution in [0.4, 0.5) is 4.39 Å². The molecule has 0 aliphatic rings. The first-order chi connectivity index (χ1) is 53.6. The summed E-state index contributed by atoms with van der Waals surface area (Å²) in [5.74, 6) is -10.4. The number of hydrazone groups is 1. The zero-order valence-corrected chi connectivity index (χ0v) is 63.9. The summed E-state index contributed by atoms with van der Waals surface area (Å²) in [5, 5.41) is 86.3. The molecule has 0 saturated heterocycles. The van der Waals surface area contributed by atoms with Gasteiger partial charge in [-0.25, -0.2) is 19.7 Å². The van der Waals surface area contributed by atoms with Crippen molar-refractivity contribution < 1.29 is 92.2 Å². The van der Waals surface area contributed by atoms with E-state index in [-0.39, 0.29) is 24.9 Å². The Labute approximate surface area is 650 Å². The molecule has 1 heterocycles. The number of amidine groups is 1. The van der Waals surface area contributed by atoms with Crippen molar-refractivity contribution >= 4 is 76.8 Å². The van der Waals surface area contributed by atoms with E-state index in [2.05, 4.69) is 83.4 Å². The number of azide groups is 1. The van der Waals surface area contributed by atoms with E-state index >= 15 is 4.39 Å². The van der Waals surface area contributed by atoms with Gasteiger partial charge in [0.15, 0.2) is 5.84 Å². The average molecular weight is 1570 g/mol. The van der Waals surface area contributed by atoms with Crippen LogP contribution in [0.2, 0.25) is 0 Å². The van der Waals surface area contributed by atoms with Crippen LogP contribution in [-0.4, -0.2) is 205 Å². The van der Waals surface area contributed by atoms with Gasteiger partial charge in [0, 0.05) is 55.6 Å². The molecule has 610 valence electrons. The number of aromatic nitrogens is 2. The smallest absolute Gasteiger partial charge is 0.326 e. The molecular formula is C75H100FN19O18. The van der Waals surface area contributed by atoms with E-state index < -0.39 is 181 Å². The highest BCUT2D eigenvalue weighted by Gasteiger charge is 2.43. The number of halogens is 1. The molecule has 4 aromatic carbocycles. The van der Waals surface area contributed by atoms with Gasteiger partial charge in [-0.05, 0) is 144 Å². The zero-order chi connectivity index (χ0) is 83.7. The van der Waals surface area contributed by atoms with Crippen LogP contribution < -0.4 is 63.7 Å². The second-order valence-corrected chi connectivity index (χ2v) is 27.7. The normalized spacial score (nSPS) is 14.2. The minimum atomic E-state index is -2.43. The number of nitrogens with one attached hydrogen (secondary N) is 12. The van der Waals surface area contributed by atoms with Gasteiger partial charge < -0.3 is 94.3 Å². The number of rotatable bonds is 46. The summed E-state index contributed by atoms with van der Waals surface area (Å²) >= 11 is 0. The maximum atomic E-state index is 15.5. The van der Waals surface area contributed by atoms with Crippen molar-refractivity contribution in [2.24, 2.45) is 26.6 Å². The zero-order valence-electron chi connectivity index (χ0n) is 63.9. The fourth-order valence-corrected chi connectivity index (χ4v) is 11.7. The van der Waals surface area contributed by atoms with E-state index in [4.69, 9.17) is 21.6 Å². The number of aliphatic hydroxyl groups is 3. The molecular weight excluding hydrogens is 1470 g/mol. The molecule has 37 nitrogen and oxygen atoms in total. The number of aryl methyl sites for hydroxylation is 4. The number of nitrogens with two attached hydrogens (primary N) is 1. The Morgan fingerprint density at radius 3 is 1.91 bits per heavy atom. The number of carbonyl (C=O) groups excluding carboxylic acids is 10. The number of unbranched alkanes of at least 4 members (excludes halogenated alkanes) is 1. The lowest BCUT2D eigenvalue weighted by atomic mass is 9.90. The summed E-state index contributed by atoms with van der Waals surface area (Å²) in [6, 6.07) is 9.96. The molecule has 0 aliphatic heterocycles. The van der Waals surface area contributed by atoms with Gasteiger partial charge in [-0.2, -0.15) is 5.10 Å². The Bertz CT molecular complexity index is 4230. The second kappa shape index (κ2) is 44.5. The van der Waals surface area contributed by atoms with Crippen molar-refractivity contribution in [3.8, 4) is 16.9 Å². The number of hydrogen-bond donors (Lipinski definition) is 18. The van der Waals surface area contributed by atoms with Crippen molar-refractivity contribution in [2.75, 3.05) is 32.8 Å². The summed E-state index contributed by atoms with van der Waals surface area (Å²) < 4.78 is 21.5. The van der Waals surface area contributed by atoms with Crippen LogP contribution in [0.1, 0.15) is 119 Å². The van der Waals surface area contributed by atoms with Gasteiger partial charge in [0.05, 0.1) is 44.7 Å². The number of carbonyl (C=O) groups is 12. The van der Waals surface area contributed by atoms with Crippen LogP contribution >= 0.6 is 0 Å². The maximum absolute atomic E-state index is 15.5. The number of aliphatic hydroxyl groups excluding tert-OH is 3. The topological polar surface area (TPSA) is 588 Å². The molecule has 19 N–H and O–H groups in total. The lowest BCUT2D eigenvalue weighted by molar-refractivity contribution is -0.143. The van der Waals surface area contributed by atoms with Gasteiger partial charge in [-0.3, -0.25) is 52.7 Å². The lowest BCUT2D eigenvalue weighted by Crippen LogP contribution is -2.67. The minimum Gasteiger partial charge on any atom is -0.494 e. The first kappa shape index (κ1) is 91.3. The third-order valence-corrected chi connectivity index (χ3v) is 18.1. The van der Waals surface area contributed by atoms with Crippen molar-refractivity contribution in [3.63, 3.8) is 0 Å². The fraction of sp³-hybridized carbons (Fsp3) is 0.467. The third-order valence-electron chi connectivity index (χ3n) is 18.1. The number of benzene rings is 4. The highest BCUT2D eigenvalue weighted by atomic mass is 19.1. The number of amides is 10. The van der Waals surface area contributed by atoms with E-state index in [9.17, 15) is 83.1 Å². The lowest BCUT2D eigenvalue weighted by Gasteiger charge is -2.34. The molecule has 0 spiro atoms. The van der Waals surface area contributed by atoms with Crippen molar-refractivity contribution in [2.45, 2.75) is 186 Å². The summed E-state index contributed by atoms with van der Waals surface area (Å²) in [6.45, 7) is 9.92. The molecule has 1 aromatic heterocycles. The number of ether oxygens (including phenoxy) is 1. The van der Waals surface area contributed by atoms with Gasteiger partial charge >= 0.3 is 11.9 Å². The molecule has 0 fully saturated rings. The molecule has 5 aromatic rings. The van der Waals surface area contributed by atoms with Gasteiger partial charge in [0.1, 0.15) is 64.8 Å². The molecule has 0 radical (unpaired) electrons. The standard InChI is InChI=1S/C75H100FN19O18/c1-9-47-33-51(113-28-13-12-26-84-95-79)23-24-52(47)48-21-19-45(20-22-48)32-55(65(103)85-54(70(108)109)18-14-15-46-30-41(2)29-42(3)31-46)86-66(104)57(35-61(100)101)87-67(105)58(39-96)88-68(106)62(43(4)97)91-73(112)75(8,36-49-16-10-11-17-53(49)76)92-69(107)63(44(5)98)90-60(99)38-82-64(102)56(34-59(93-77)94-78)89-72(111)74(6,7)71(110)81-27-25-50-37-80-40-83-50/h10-11,16-17,19-24,29-31,33,37,40,43-44,54-58,62-63,77,96-98H,9,12-15,18,25-28,32,34-36,38-39,78H2,1-8H3,(H,80,83)(H,81,110)(H,82,102)(H,85,103)(H,86,104)(H,87,105)(H,88,106)(H,89,111)(H,90,99)(H,91,112)(H,92,107)(H,100,101)(H,108,109)/b93-77?,94-59-/t43-,44-,54+,55+,56+,57+,58?,62+,63+,75+/m1/s1. The summed E-state index contributed by atoms with van der Waals surface area (Å²) in [5.41, 5.74) is 18.0. The predicted octanol–water partition coefficient (Wildman–Crippen LogP) is 1.45. The van der Waals surface area contributed by atoms with Crippen LogP contribution in [0.5, 0.6) is 5.75 Å². The molecule has 38 heteroatoms. The average Bonchev–Trinajstić information content (AvgIpc) is 0.917. The largest absolute Gasteiger partial charge is 0.494 e. The number of nitrogens with zero attached hydrogens (tertiary/aromatic N) is 6. The molecule has 5 rings (SSSR count). The maximum Gasteiger partial charge on any atom is 0.326 e. The second-order valence-electron chi connectivity index (χ2n) is 27.7. The van der Waals surface area contributed by atoms with Gasteiger partial charge in [0.25, 0.3) is 0 Å². The van der Waals surface area contributed by atoms with E-state index in [1.54, 1.807) is 30.3 Å². The molecule has 0 aliphatic carbocycles. The number of imidazole rings is 1. The Morgan fingerprint density at radius 2 is 1.31 bits per heavy atom. The number of H-pyrrole nitrogens is 1. The molecule has 0 saturated carbocycles. The third kappa shape index (κ3) is 28.8. The Morgan fingerprint density at radius 1 is 0.681 bits per heavy atom. The Hall–Kier alpha value is -12.3. The highest BCUT2D eigenvalue weighted by Crippen LogP contribution is 2.29. The van der Waals surface area contributed by atoms with Crippen molar-refractivity contribution in [1.82, 2.24) is 63.1 Å². The van der Waals surface area contributed by atoms with E-state index in [0.717, 1.165) is 60.2 Å². The predicted molar refractivity (Wildman–Crippen MR) is 407 cm³/mol. The SMILES string of the molecule is CCc1cc(OCCCCN=[N+]=[N-])ccc1-c1ccc(C[C@H](NC(=O)[C@H](CC(=O)O)NC(=O)C(CO)NC(=O)[C@@H](NC(=O)[C@](C)(Cc2ccccc2F)NC(=O)[C@@H](NC(=O)CNC(=O)[C@H](C/C(N=N)=N/N)NC(=O)C(C)(C)C(=O)NCCc2cnc[nH]2)[C@@H](C)O)[C@@H](C)O)C(=O)N[C@@H](CCCc2cc(C)cc(C)c2)C(=O)O)cc1. The Kier molecular flexibility index (Phi) is 36.0. The summed E-state index contributed by atoms with van der Waals surface area (Å²) in [4.78, 5) is 175. The summed E-state index contributed by atoms with van der Waals surface area (Å²) in [7, 11) is 0. The number of hydrogen-bond acceptors (Lipinski definition) is 21. The van der Waals surface area contributed by atoms with E-state index in [0.29, 0.717) is 68.7 Å². The first-order valence-corrected chi connectivity index (χ1v) is 36.3. The van der Waals surface area contributed by atoms with Crippen molar-refractivity contribution in [1.29, 1.82) is 5.53 Å². The van der Waals surface area contributed by atoms with Gasteiger partial charge in [-0.1, -0.05) is 89.9 Å². The molecule has 10 atom stereocenters. The van der Waals surface area contributed by atoms with Crippen molar-refractivity contribution in [3.05, 3.63) is 153 Å². The van der Waals surface area contributed by atoms with Crippen LogP contribution in [0.25, 0.3) is 21.6 Å². The number of carboxylic acids is 2. The number of aromatic amines is 1. The first-order valence-electron chi connectivity index (χ1n) is 36.3. The van der Waals surface area contributed by atoms with Gasteiger partial charge in [-0.15, -0.1) is 5.11 Å². The van der Waals surface area contributed by atoms with E-state index in [1.165, 1.54) is 44.6 Å². The van der Waals surface area contributed by atoms with Crippen LogP contribution in [0.15, 0.2) is 113 Å². The van der Waals surface area contributed by atoms with Crippen LogP contribution in [0, 0.1) is 30.6 Å². The fourth-order valence-electron chi connectivity index (χ4n) is 11.7. The summed E-state index contributed by atoms with van der Waals surface area (Å²) in [6.07, 6.45) is -0.763. The molecule has 10 amide bonds. The van der Waals surface area contributed by atoms with Crippen LogP contribution in [-0.2, 0) is 89.6 Å². The van der Waals surface area contributed by atoms with Gasteiger partial charge in [0.2, 0.25) is 59.1 Å². The molecule has 1 unspecified atom stereocenters. The quantitative estimate of drug-likeness (QED) is 0.00302. The monoisotopic (exact) mass is 1570 g/mol. The van der Waals surface area contributed by atoms with E-state index in [1.807, 2.05) is 51.1 Å². The Balaban J connectivity index is 1.34. The molecule has 113 heavy (non-hydrogen) atoms.